The zero-order chi connectivity index (χ0) is 11.8. The molecule has 0 aliphatic carbocycles. The third-order valence-electron chi connectivity index (χ3n) is 2.91. The van der Waals surface area contributed by atoms with Gasteiger partial charge in [0, 0.05) is 19.3 Å². The SMILES string of the molecule is Oc1nc2ncc(Br)nc2n1C1CCOCC1. The van der Waals surface area contributed by atoms with Crippen LogP contribution in [0.1, 0.15) is 18.9 Å². The molecule has 3 rings (SSSR count). The average molecular weight is 299 g/mol. The number of aromatic hydroxyl groups is 1. The maximum atomic E-state index is 9.89. The molecule has 2 aromatic heterocycles. The van der Waals surface area contributed by atoms with Crippen LogP contribution in [-0.2, 0) is 4.74 Å². The van der Waals surface area contributed by atoms with Gasteiger partial charge in [-0.2, -0.15) is 4.98 Å². The number of aromatic nitrogens is 4. The zero-order valence-electron chi connectivity index (χ0n) is 9.01. The van der Waals surface area contributed by atoms with Crippen LogP contribution in [0.2, 0.25) is 0 Å². The predicted molar refractivity (Wildman–Crippen MR) is 63.8 cm³/mol. The lowest BCUT2D eigenvalue weighted by Crippen LogP contribution is -2.19. The van der Waals surface area contributed by atoms with Gasteiger partial charge >= 0.3 is 0 Å². The first kappa shape index (κ1) is 10.9. The fraction of sp³-hybridized carbons (Fsp3) is 0.500. The molecule has 0 aromatic carbocycles. The van der Waals surface area contributed by atoms with Gasteiger partial charge in [-0.1, -0.05) is 0 Å². The van der Waals surface area contributed by atoms with Gasteiger partial charge in [0.1, 0.15) is 4.60 Å². The molecular formula is C10H11BrN4O2. The summed E-state index contributed by atoms with van der Waals surface area (Å²) in [5.74, 6) is 0. The third kappa shape index (κ3) is 1.89. The Bertz CT molecular complexity index is 550. The van der Waals surface area contributed by atoms with Crippen LogP contribution in [0.25, 0.3) is 11.3 Å². The van der Waals surface area contributed by atoms with E-state index in [1.807, 2.05) is 0 Å². The van der Waals surface area contributed by atoms with Crippen LogP contribution in [0.15, 0.2) is 10.8 Å². The number of rotatable bonds is 1. The highest BCUT2D eigenvalue weighted by atomic mass is 79.9. The Morgan fingerprint density at radius 2 is 2.12 bits per heavy atom. The molecule has 0 radical (unpaired) electrons. The lowest BCUT2D eigenvalue weighted by molar-refractivity contribution is 0.0684. The number of hydrogen-bond acceptors (Lipinski definition) is 5. The van der Waals surface area contributed by atoms with Crippen LogP contribution in [0.5, 0.6) is 6.01 Å². The van der Waals surface area contributed by atoms with Crippen LogP contribution in [-0.4, -0.2) is 37.8 Å². The first-order valence-corrected chi connectivity index (χ1v) is 6.22. The molecule has 2 aromatic rings. The first-order chi connectivity index (χ1) is 8.25. The van der Waals surface area contributed by atoms with Gasteiger partial charge in [0.25, 0.3) is 6.01 Å². The molecule has 0 spiro atoms. The second-order valence-electron chi connectivity index (χ2n) is 3.97. The highest BCUT2D eigenvalue weighted by Crippen LogP contribution is 2.29. The van der Waals surface area contributed by atoms with E-state index in [4.69, 9.17) is 4.74 Å². The van der Waals surface area contributed by atoms with Crippen molar-refractivity contribution in [3.63, 3.8) is 0 Å². The van der Waals surface area contributed by atoms with E-state index in [-0.39, 0.29) is 12.1 Å². The molecule has 0 atom stereocenters. The van der Waals surface area contributed by atoms with Crippen molar-refractivity contribution in [2.75, 3.05) is 13.2 Å². The van der Waals surface area contributed by atoms with Gasteiger partial charge in [-0.25, -0.2) is 9.97 Å². The smallest absolute Gasteiger partial charge is 0.297 e. The van der Waals surface area contributed by atoms with Crippen molar-refractivity contribution in [1.82, 2.24) is 19.5 Å². The van der Waals surface area contributed by atoms with Crippen molar-refractivity contribution in [3.8, 4) is 6.01 Å². The summed E-state index contributed by atoms with van der Waals surface area (Å²) < 4.78 is 7.70. The lowest BCUT2D eigenvalue weighted by Gasteiger charge is -2.23. The van der Waals surface area contributed by atoms with Crippen LogP contribution >= 0.6 is 15.9 Å². The largest absolute Gasteiger partial charge is 0.480 e. The molecule has 7 heteroatoms. The van der Waals surface area contributed by atoms with Gasteiger partial charge in [-0.15, -0.1) is 0 Å². The monoisotopic (exact) mass is 298 g/mol. The number of fused-ring (bicyclic) bond motifs is 1. The molecule has 90 valence electrons. The average Bonchev–Trinajstić information content (AvgIpc) is 2.65. The molecule has 3 heterocycles. The highest BCUT2D eigenvalue weighted by Gasteiger charge is 2.23. The van der Waals surface area contributed by atoms with E-state index in [1.165, 1.54) is 0 Å². The minimum atomic E-state index is -0.0231. The summed E-state index contributed by atoms with van der Waals surface area (Å²) in [5.41, 5.74) is 1.08. The van der Waals surface area contributed by atoms with Gasteiger partial charge < -0.3 is 9.84 Å². The van der Waals surface area contributed by atoms with Gasteiger partial charge in [0.2, 0.25) is 5.65 Å². The first-order valence-electron chi connectivity index (χ1n) is 5.43. The topological polar surface area (TPSA) is 73.1 Å². The van der Waals surface area contributed by atoms with Gasteiger partial charge in [-0.3, -0.25) is 4.57 Å². The van der Waals surface area contributed by atoms with Gasteiger partial charge in [-0.05, 0) is 28.8 Å². The summed E-state index contributed by atoms with van der Waals surface area (Å²) in [6.45, 7) is 1.40. The van der Waals surface area contributed by atoms with Crippen molar-refractivity contribution >= 4 is 27.2 Å². The highest BCUT2D eigenvalue weighted by molar-refractivity contribution is 9.10. The number of nitrogens with zero attached hydrogens (tertiary/aromatic N) is 4. The maximum absolute atomic E-state index is 9.89. The quantitative estimate of drug-likeness (QED) is 0.866. The third-order valence-corrected chi connectivity index (χ3v) is 3.29. The number of imidazole rings is 1. The minimum Gasteiger partial charge on any atom is -0.480 e. The van der Waals surface area contributed by atoms with E-state index in [0.717, 1.165) is 12.8 Å². The molecule has 1 aliphatic rings. The van der Waals surface area contributed by atoms with Gasteiger partial charge in [0.05, 0.1) is 6.20 Å². The molecule has 0 saturated carbocycles. The number of halogens is 1. The van der Waals surface area contributed by atoms with E-state index in [2.05, 4.69) is 30.9 Å². The molecule has 1 N–H and O–H groups in total. The molecular weight excluding hydrogens is 288 g/mol. The summed E-state index contributed by atoms with van der Waals surface area (Å²) in [6.07, 6.45) is 3.28. The van der Waals surface area contributed by atoms with E-state index in [0.29, 0.717) is 29.1 Å². The Hall–Kier alpha value is -1.21. The Morgan fingerprint density at radius 1 is 1.35 bits per heavy atom. The van der Waals surface area contributed by atoms with Gasteiger partial charge in [0.15, 0.2) is 5.65 Å². The lowest BCUT2D eigenvalue weighted by atomic mass is 10.1. The van der Waals surface area contributed by atoms with E-state index in [1.54, 1.807) is 10.8 Å². The van der Waals surface area contributed by atoms with E-state index in [9.17, 15) is 5.11 Å². The molecule has 1 saturated heterocycles. The molecule has 1 aliphatic heterocycles. The van der Waals surface area contributed by atoms with E-state index < -0.39 is 0 Å². The standard InChI is InChI=1S/C10H11BrN4O2/c11-7-5-12-8-9(13-7)15(10(16)14-8)6-1-3-17-4-2-6/h5-6H,1-4H2,(H,12,14,16). The number of hydrogen-bond donors (Lipinski definition) is 1. The normalized spacial score (nSPS) is 17.7. The fourth-order valence-corrected chi connectivity index (χ4v) is 2.39. The molecule has 0 amide bonds. The summed E-state index contributed by atoms with van der Waals surface area (Å²) >= 11 is 3.28. The molecule has 0 unspecified atom stereocenters. The Labute approximate surface area is 106 Å². The van der Waals surface area contributed by atoms with Crippen LogP contribution in [0.4, 0.5) is 0 Å². The van der Waals surface area contributed by atoms with Crippen LogP contribution < -0.4 is 0 Å². The molecule has 1 fully saturated rings. The second kappa shape index (κ2) is 4.23. The van der Waals surface area contributed by atoms with Crippen molar-refractivity contribution in [1.29, 1.82) is 0 Å². The molecule has 0 bridgehead atoms. The van der Waals surface area contributed by atoms with Crippen LogP contribution in [0.3, 0.4) is 0 Å². The summed E-state index contributed by atoms with van der Waals surface area (Å²) in [6, 6.07) is 0.155. The molecule has 6 nitrogen and oxygen atoms in total. The Morgan fingerprint density at radius 3 is 2.88 bits per heavy atom. The minimum absolute atomic E-state index is 0.0231. The maximum Gasteiger partial charge on any atom is 0.297 e. The fourth-order valence-electron chi connectivity index (χ4n) is 2.12. The van der Waals surface area contributed by atoms with Crippen LogP contribution in [0, 0.1) is 0 Å². The second-order valence-corrected chi connectivity index (χ2v) is 4.78. The van der Waals surface area contributed by atoms with Crippen molar-refractivity contribution in [2.45, 2.75) is 18.9 Å². The summed E-state index contributed by atoms with van der Waals surface area (Å²) in [5, 5.41) is 9.89. The van der Waals surface area contributed by atoms with E-state index >= 15 is 0 Å². The molecule has 17 heavy (non-hydrogen) atoms. The Kier molecular flexibility index (Phi) is 2.71. The van der Waals surface area contributed by atoms with Crippen molar-refractivity contribution in [3.05, 3.63) is 10.8 Å². The zero-order valence-corrected chi connectivity index (χ0v) is 10.6. The number of ether oxygens (including phenoxy) is 1. The van der Waals surface area contributed by atoms with Crippen molar-refractivity contribution < 1.29 is 9.84 Å². The van der Waals surface area contributed by atoms with Crippen molar-refractivity contribution in [2.24, 2.45) is 0 Å². The summed E-state index contributed by atoms with van der Waals surface area (Å²) in [4.78, 5) is 12.5. The summed E-state index contributed by atoms with van der Waals surface area (Å²) in [7, 11) is 0. The Balaban J connectivity index is 2.13. The predicted octanol–water partition coefficient (Wildman–Crippen LogP) is 1.65.